The van der Waals surface area contributed by atoms with E-state index < -0.39 is 0 Å². The SMILES string of the molecule is C[C@H](CCc1ccccc1)NC(=S)Nc1ccc(Cl)cc1Cl. The third-order valence-electron chi connectivity index (χ3n) is 3.27. The van der Waals surface area contributed by atoms with E-state index in [2.05, 4.69) is 41.8 Å². The molecule has 2 rings (SSSR count). The zero-order chi connectivity index (χ0) is 15.9. The molecule has 2 aromatic carbocycles. The first-order valence-electron chi connectivity index (χ1n) is 7.11. The molecule has 0 amide bonds. The van der Waals surface area contributed by atoms with E-state index in [0.717, 1.165) is 18.5 Å². The Morgan fingerprint density at radius 2 is 1.86 bits per heavy atom. The summed E-state index contributed by atoms with van der Waals surface area (Å²) in [4.78, 5) is 0. The number of anilines is 1. The van der Waals surface area contributed by atoms with Gasteiger partial charge in [0.2, 0.25) is 0 Å². The summed E-state index contributed by atoms with van der Waals surface area (Å²) in [7, 11) is 0. The molecule has 0 unspecified atom stereocenters. The first-order chi connectivity index (χ1) is 10.5. The van der Waals surface area contributed by atoms with Gasteiger partial charge in [-0.1, -0.05) is 53.5 Å². The van der Waals surface area contributed by atoms with E-state index in [0.29, 0.717) is 15.2 Å². The molecular formula is C17H18Cl2N2S. The largest absolute Gasteiger partial charge is 0.360 e. The molecule has 1 atom stereocenters. The van der Waals surface area contributed by atoms with Gasteiger partial charge in [-0.05, 0) is 55.7 Å². The highest BCUT2D eigenvalue weighted by atomic mass is 35.5. The van der Waals surface area contributed by atoms with Gasteiger partial charge in [-0.25, -0.2) is 0 Å². The maximum absolute atomic E-state index is 6.12. The van der Waals surface area contributed by atoms with Crippen LogP contribution in [0.3, 0.4) is 0 Å². The van der Waals surface area contributed by atoms with E-state index >= 15 is 0 Å². The maximum atomic E-state index is 6.12. The Hall–Kier alpha value is -1.29. The highest BCUT2D eigenvalue weighted by Gasteiger charge is 2.07. The van der Waals surface area contributed by atoms with Crippen molar-refractivity contribution < 1.29 is 0 Å². The van der Waals surface area contributed by atoms with Gasteiger partial charge in [-0.3, -0.25) is 0 Å². The minimum Gasteiger partial charge on any atom is -0.360 e. The van der Waals surface area contributed by atoms with Crippen molar-refractivity contribution in [1.29, 1.82) is 0 Å². The molecule has 0 aliphatic heterocycles. The van der Waals surface area contributed by atoms with Crippen LogP contribution in [0.2, 0.25) is 10.0 Å². The van der Waals surface area contributed by atoms with E-state index in [1.807, 2.05) is 12.1 Å². The van der Waals surface area contributed by atoms with E-state index in [-0.39, 0.29) is 6.04 Å². The number of nitrogens with one attached hydrogen (secondary N) is 2. The van der Waals surface area contributed by atoms with Gasteiger partial charge in [-0.15, -0.1) is 0 Å². The summed E-state index contributed by atoms with van der Waals surface area (Å²) in [6, 6.07) is 16.0. The summed E-state index contributed by atoms with van der Waals surface area (Å²) in [6.07, 6.45) is 2.01. The molecule has 0 saturated carbocycles. The summed E-state index contributed by atoms with van der Waals surface area (Å²) in [5, 5.41) is 8.08. The van der Waals surface area contributed by atoms with Crippen LogP contribution in [0.1, 0.15) is 18.9 Å². The maximum Gasteiger partial charge on any atom is 0.171 e. The van der Waals surface area contributed by atoms with Crippen LogP contribution in [-0.4, -0.2) is 11.2 Å². The van der Waals surface area contributed by atoms with Crippen LogP contribution in [0, 0.1) is 0 Å². The second kappa shape index (κ2) is 8.37. The van der Waals surface area contributed by atoms with Crippen molar-refractivity contribution in [1.82, 2.24) is 5.32 Å². The topological polar surface area (TPSA) is 24.1 Å². The number of aryl methyl sites for hydroxylation is 1. The molecule has 0 aliphatic rings. The Balaban J connectivity index is 1.81. The lowest BCUT2D eigenvalue weighted by Crippen LogP contribution is -2.36. The third-order valence-corrected chi connectivity index (χ3v) is 4.03. The summed E-state index contributed by atoms with van der Waals surface area (Å²) < 4.78 is 0. The molecule has 0 aliphatic carbocycles. The van der Waals surface area contributed by atoms with Gasteiger partial charge < -0.3 is 10.6 Å². The molecule has 5 heteroatoms. The molecule has 22 heavy (non-hydrogen) atoms. The van der Waals surface area contributed by atoms with E-state index in [9.17, 15) is 0 Å². The van der Waals surface area contributed by atoms with Crippen molar-refractivity contribution in [2.24, 2.45) is 0 Å². The lowest BCUT2D eigenvalue weighted by Gasteiger charge is -2.17. The number of hydrogen-bond donors (Lipinski definition) is 2. The predicted molar refractivity (Wildman–Crippen MR) is 100 cm³/mol. The minimum atomic E-state index is 0.270. The number of rotatable bonds is 5. The molecule has 0 spiro atoms. The zero-order valence-corrected chi connectivity index (χ0v) is 14.6. The van der Waals surface area contributed by atoms with Crippen LogP contribution >= 0.6 is 35.4 Å². The summed E-state index contributed by atoms with van der Waals surface area (Å²) in [6.45, 7) is 2.11. The first-order valence-corrected chi connectivity index (χ1v) is 8.27. The number of halogens is 2. The minimum absolute atomic E-state index is 0.270. The average Bonchev–Trinajstić information content (AvgIpc) is 2.49. The highest BCUT2D eigenvalue weighted by Crippen LogP contribution is 2.25. The smallest absolute Gasteiger partial charge is 0.171 e. The lowest BCUT2D eigenvalue weighted by molar-refractivity contribution is 0.609. The molecule has 0 aromatic heterocycles. The van der Waals surface area contributed by atoms with Crippen molar-refractivity contribution in [2.45, 2.75) is 25.8 Å². The number of hydrogen-bond acceptors (Lipinski definition) is 1. The third kappa shape index (κ3) is 5.48. The molecule has 0 radical (unpaired) electrons. The van der Waals surface area contributed by atoms with Gasteiger partial charge in [0.25, 0.3) is 0 Å². The Kier molecular flexibility index (Phi) is 6.49. The molecule has 0 saturated heterocycles. The summed E-state index contributed by atoms with van der Waals surface area (Å²) in [5.41, 5.74) is 2.08. The van der Waals surface area contributed by atoms with Gasteiger partial charge in [0, 0.05) is 11.1 Å². The van der Waals surface area contributed by atoms with Gasteiger partial charge in [0.15, 0.2) is 5.11 Å². The second-order valence-corrected chi connectivity index (χ2v) is 6.40. The fourth-order valence-corrected chi connectivity index (χ4v) is 2.84. The number of thiocarbonyl (C=S) groups is 1. The molecule has 0 bridgehead atoms. The van der Waals surface area contributed by atoms with Crippen molar-refractivity contribution in [3.63, 3.8) is 0 Å². The van der Waals surface area contributed by atoms with Crippen molar-refractivity contribution in [3.05, 3.63) is 64.1 Å². The van der Waals surface area contributed by atoms with Gasteiger partial charge in [0.05, 0.1) is 10.7 Å². The van der Waals surface area contributed by atoms with Crippen LogP contribution < -0.4 is 10.6 Å². The van der Waals surface area contributed by atoms with Crippen molar-refractivity contribution >= 4 is 46.2 Å². The van der Waals surface area contributed by atoms with Crippen LogP contribution in [0.4, 0.5) is 5.69 Å². The molecule has 0 fully saturated rings. The quantitative estimate of drug-likeness (QED) is 0.713. The fourth-order valence-electron chi connectivity index (χ4n) is 2.07. The fraction of sp³-hybridized carbons (Fsp3) is 0.235. The van der Waals surface area contributed by atoms with Crippen LogP contribution in [0.25, 0.3) is 0 Å². The zero-order valence-electron chi connectivity index (χ0n) is 12.3. The van der Waals surface area contributed by atoms with Crippen LogP contribution in [0.5, 0.6) is 0 Å². The van der Waals surface area contributed by atoms with Crippen molar-refractivity contribution in [3.8, 4) is 0 Å². The second-order valence-electron chi connectivity index (χ2n) is 5.15. The summed E-state index contributed by atoms with van der Waals surface area (Å²) in [5.74, 6) is 0. The average molecular weight is 353 g/mol. The highest BCUT2D eigenvalue weighted by molar-refractivity contribution is 7.80. The Morgan fingerprint density at radius 3 is 2.55 bits per heavy atom. The normalized spacial score (nSPS) is 11.8. The van der Waals surface area contributed by atoms with Gasteiger partial charge in [-0.2, -0.15) is 0 Å². The van der Waals surface area contributed by atoms with Crippen LogP contribution in [-0.2, 0) is 6.42 Å². The summed E-state index contributed by atoms with van der Waals surface area (Å²) >= 11 is 17.3. The Bertz CT molecular complexity index is 632. The molecule has 0 heterocycles. The lowest BCUT2D eigenvalue weighted by atomic mass is 10.1. The van der Waals surface area contributed by atoms with E-state index in [1.165, 1.54) is 5.56 Å². The Labute approximate surface area is 146 Å². The van der Waals surface area contributed by atoms with Gasteiger partial charge in [0.1, 0.15) is 0 Å². The van der Waals surface area contributed by atoms with E-state index in [4.69, 9.17) is 35.4 Å². The molecule has 2 aromatic rings. The standard InChI is InChI=1S/C17H18Cl2N2S/c1-12(7-8-13-5-3-2-4-6-13)20-17(22)21-16-10-9-14(18)11-15(16)19/h2-6,9-12H,7-8H2,1H3,(H2,20,21,22)/t12-/m1/s1. The molecule has 2 nitrogen and oxygen atoms in total. The molecular weight excluding hydrogens is 335 g/mol. The molecule has 2 N–H and O–H groups in total. The Morgan fingerprint density at radius 1 is 1.14 bits per heavy atom. The van der Waals surface area contributed by atoms with Crippen molar-refractivity contribution in [2.75, 3.05) is 5.32 Å². The van der Waals surface area contributed by atoms with Crippen LogP contribution in [0.15, 0.2) is 48.5 Å². The van der Waals surface area contributed by atoms with E-state index in [1.54, 1.807) is 12.1 Å². The predicted octanol–water partition coefficient (Wildman–Crippen LogP) is 5.30. The monoisotopic (exact) mass is 352 g/mol. The number of benzene rings is 2. The first kappa shape index (κ1) is 17.1. The molecule has 116 valence electrons. The van der Waals surface area contributed by atoms with Gasteiger partial charge >= 0.3 is 0 Å².